The molecule has 1 N–H and O–H groups in total. The molecule has 0 aliphatic rings. The van der Waals surface area contributed by atoms with Gasteiger partial charge < -0.3 is 5.32 Å². The molecule has 2 rings (SSSR count). The fraction of sp³-hybridized carbons (Fsp3) is 0.250. The van der Waals surface area contributed by atoms with Crippen LogP contribution in [0.25, 0.3) is 0 Å². The number of rotatable bonds is 3. The van der Waals surface area contributed by atoms with Gasteiger partial charge in [0, 0.05) is 6.54 Å². The molecule has 0 unspecified atom stereocenters. The van der Waals surface area contributed by atoms with Gasteiger partial charge in [0.15, 0.2) is 0 Å². The fourth-order valence-corrected chi connectivity index (χ4v) is 2.29. The first-order valence-corrected chi connectivity index (χ1v) is 5.70. The van der Waals surface area contributed by atoms with E-state index in [4.69, 9.17) is 0 Å². The van der Waals surface area contributed by atoms with Gasteiger partial charge in [-0.05, 0) is 28.8 Å². The number of thiophene rings is 1. The van der Waals surface area contributed by atoms with Crippen molar-refractivity contribution in [2.24, 2.45) is 0 Å². The number of aromatic nitrogens is 2. The van der Waals surface area contributed by atoms with Crippen molar-refractivity contribution in [1.29, 1.82) is 0 Å². The summed E-state index contributed by atoms with van der Waals surface area (Å²) in [7, 11) is 0. The maximum Gasteiger partial charge on any atom is 0.205 e. The van der Waals surface area contributed by atoms with E-state index in [0.717, 1.165) is 11.7 Å². The largest absolute Gasteiger partial charge is 0.356 e. The van der Waals surface area contributed by atoms with Crippen molar-refractivity contribution in [2.45, 2.75) is 13.5 Å². The first kappa shape index (κ1) is 8.65. The Labute approximate surface area is 84.5 Å². The van der Waals surface area contributed by atoms with E-state index in [9.17, 15) is 0 Å². The summed E-state index contributed by atoms with van der Waals surface area (Å²) in [5.41, 5.74) is 4.39. The minimum atomic E-state index is 0.838. The van der Waals surface area contributed by atoms with E-state index in [1.165, 1.54) is 22.5 Å². The number of nitrogens with one attached hydrogen (secondary N) is 1. The van der Waals surface area contributed by atoms with E-state index in [0.29, 0.717) is 0 Å². The highest BCUT2D eigenvalue weighted by Crippen LogP contribution is 2.16. The summed E-state index contributed by atoms with van der Waals surface area (Å²) in [6, 6.07) is 0. The summed E-state index contributed by atoms with van der Waals surface area (Å²) in [4.78, 5) is 0. The van der Waals surface area contributed by atoms with Crippen LogP contribution in [0.4, 0.5) is 5.13 Å². The Balaban J connectivity index is 1.97. The maximum absolute atomic E-state index is 3.91. The quantitative estimate of drug-likeness (QED) is 0.847. The summed E-state index contributed by atoms with van der Waals surface area (Å²) < 4.78 is 0. The zero-order valence-corrected chi connectivity index (χ0v) is 8.78. The molecule has 0 aliphatic carbocycles. The lowest BCUT2D eigenvalue weighted by Crippen LogP contribution is -1.98. The average Bonchev–Trinajstić information content (AvgIpc) is 2.72. The van der Waals surface area contributed by atoms with Crippen LogP contribution < -0.4 is 5.32 Å². The normalized spacial score (nSPS) is 10.2. The van der Waals surface area contributed by atoms with Crippen molar-refractivity contribution in [3.05, 3.63) is 27.4 Å². The predicted octanol–water partition coefficient (Wildman–Crippen LogP) is 2.52. The highest BCUT2D eigenvalue weighted by molar-refractivity contribution is 7.13. The van der Waals surface area contributed by atoms with Gasteiger partial charge in [-0.1, -0.05) is 11.3 Å². The van der Waals surface area contributed by atoms with E-state index in [1.807, 2.05) is 0 Å². The first-order chi connectivity index (χ1) is 6.36. The number of hydrogen-bond acceptors (Lipinski definition) is 5. The molecule has 68 valence electrons. The Hall–Kier alpha value is -0.940. The summed E-state index contributed by atoms with van der Waals surface area (Å²) >= 11 is 3.25. The van der Waals surface area contributed by atoms with Crippen molar-refractivity contribution in [3.8, 4) is 0 Å². The molecule has 3 nitrogen and oxygen atoms in total. The zero-order valence-electron chi connectivity index (χ0n) is 7.15. The van der Waals surface area contributed by atoms with Gasteiger partial charge in [0.25, 0.3) is 0 Å². The van der Waals surface area contributed by atoms with Gasteiger partial charge in [-0.2, -0.15) is 11.3 Å². The van der Waals surface area contributed by atoms with Gasteiger partial charge in [0.2, 0.25) is 5.13 Å². The van der Waals surface area contributed by atoms with E-state index >= 15 is 0 Å². The molecule has 2 aromatic rings. The molecule has 0 saturated heterocycles. The second kappa shape index (κ2) is 3.85. The Bertz CT molecular complexity index is 366. The second-order valence-electron chi connectivity index (χ2n) is 2.68. The Morgan fingerprint density at radius 2 is 2.38 bits per heavy atom. The molecule has 0 atom stereocenters. The molecular weight excluding hydrogens is 202 g/mol. The number of hydrogen-bond donors (Lipinski definition) is 1. The highest BCUT2D eigenvalue weighted by Gasteiger charge is 2.00. The third kappa shape index (κ3) is 2.05. The fourth-order valence-electron chi connectivity index (χ4n) is 0.989. The molecule has 2 heterocycles. The van der Waals surface area contributed by atoms with Gasteiger partial charge in [-0.25, -0.2) is 0 Å². The van der Waals surface area contributed by atoms with Crippen LogP contribution in [-0.4, -0.2) is 10.2 Å². The zero-order chi connectivity index (χ0) is 9.10. The molecule has 0 spiro atoms. The molecular formula is C8H9N3S2. The van der Waals surface area contributed by atoms with E-state index in [2.05, 4.69) is 33.2 Å². The summed E-state index contributed by atoms with van der Waals surface area (Å²) in [5, 5.41) is 16.1. The molecule has 2 aromatic heterocycles. The molecule has 0 amide bonds. The van der Waals surface area contributed by atoms with Crippen molar-refractivity contribution in [1.82, 2.24) is 10.2 Å². The lowest BCUT2D eigenvalue weighted by atomic mass is 10.2. The Kier molecular flexibility index (Phi) is 2.56. The van der Waals surface area contributed by atoms with Crippen molar-refractivity contribution in [2.75, 3.05) is 5.32 Å². The molecule has 0 radical (unpaired) electrons. The van der Waals surface area contributed by atoms with Crippen LogP contribution in [-0.2, 0) is 6.54 Å². The third-order valence-electron chi connectivity index (χ3n) is 1.75. The second-order valence-corrected chi connectivity index (χ2v) is 4.25. The summed E-state index contributed by atoms with van der Waals surface area (Å²) in [5.74, 6) is 0. The maximum atomic E-state index is 3.91. The minimum absolute atomic E-state index is 0.838. The smallest absolute Gasteiger partial charge is 0.205 e. The molecule has 0 aromatic carbocycles. The third-order valence-corrected chi connectivity index (χ3v) is 3.31. The molecule has 13 heavy (non-hydrogen) atoms. The topological polar surface area (TPSA) is 37.8 Å². The van der Waals surface area contributed by atoms with Crippen LogP contribution in [0.2, 0.25) is 0 Å². The van der Waals surface area contributed by atoms with Gasteiger partial charge >= 0.3 is 0 Å². The van der Waals surface area contributed by atoms with Crippen LogP contribution in [0.15, 0.2) is 16.3 Å². The van der Waals surface area contributed by atoms with Crippen molar-refractivity contribution in [3.63, 3.8) is 0 Å². The minimum Gasteiger partial charge on any atom is -0.356 e. The standard InChI is InChI=1S/C8H9N3S2/c1-6-3-12-4-7(6)2-9-8-11-10-5-13-8/h3-5H,2H2,1H3,(H,9,11). The monoisotopic (exact) mass is 211 g/mol. The highest BCUT2D eigenvalue weighted by atomic mass is 32.1. The molecule has 0 bridgehead atoms. The van der Waals surface area contributed by atoms with Crippen LogP contribution >= 0.6 is 22.7 Å². The van der Waals surface area contributed by atoms with Gasteiger partial charge in [-0.3, -0.25) is 0 Å². The van der Waals surface area contributed by atoms with E-state index < -0.39 is 0 Å². The summed E-state index contributed by atoms with van der Waals surface area (Å²) in [6.07, 6.45) is 0. The Morgan fingerprint density at radius 1 is 1.46 bits per heavy atom. The summed E-state index contributed by atoms with van der Waals surface area (Å²) in [6.45, 7) is 2.96. The predicted molar refractivity (Wildman–Crippen MR) is 56.3 cm³/mol. The van der Waals surface area contributed by atoms with E-state index in [1.54, 1.807) is 16.8 Å². The first-order valence-electron chi connectivity index (χ1n) is 3.88. The molecule has 5 heteroatoms. The number of aryl methyl sites for hydroxylation is 1. The van der Waals surface area contributed by atoms with Gasteiger partial charge in [-0.15, -0.1) is 10.2 Å². The van der Waals surface area contributed by atoms with Crippen LogP contribution in [0.1, 0.15) is 11.1 Å². The van der Waals surface area contributed by atoms with Crippen molar-refractivity contribution >= 4 is 27.8 Å². The molecule has 0 fully saturated rings. The Morgan fingerprint density at radius 3 is 3.00 bits per heavy atom. The number of nitrogens with zero attached hydrogens (tertiary/aromatic N) is 2. The van der Waals surface area contributed by atoms with Crippen LogP contribution in [0, 0.1) is 6.92 Å². The van der Waals surface area contributed by atoms with Crippen LogP contribution in [0.3, 0.4) is 0 Å². The number of anilines is 1. The van der Waals surface area contributed by atoms with Crippen molar-refractivity contribution < 1.29 is 0 Å². The van der Waals surface area contributed by atoms with Gasteiger partial charge in [0.05, 0.1) is 0 Å². The van der Waals surface area contributed by atoms with Crippen LogP contribution in [0.5, 0.6) is 0 Å². The lowest BCUT2D eigenvalue weighted by molar-refractivity contribution is 1.05. The SMILES string of the molecule is Cc1cscc1CNc1nncs1. The lowest BCUT2D eigenvalue weighted by Gasteiger charge is -2.00. The molecule has 0 saturated carbocycles. The van der Waals surface area contributed by atoms with Gasteiger partial charge in [0.1, 0.15) is 5.51 Å². The van der Waals surface area contributed by atoms with E-state index in [-0.39, 0.29) is 0 Å². The average molecular weight is 211 g/mol. The molecule has 0 aliphatic heterocycles.